The van der Waals surface area contributed by atoms with E-state index in [1.807, 2.05) is 38.1 Å². The Bertz CT molecular complexity index is 561. The maximum absolute atomic E-state index is 12.7. The monoisotopic (exact) mass is 330 g/mol. The molecule has 4 heteroatoms. The predicted molar refractivity (Wildman–Crippen MR) is 95.7 cm³/mol. The van der Waals surface area contributed by atoms with Crippen LogP contribution in [0.5, 0.6) is 5.75 Å². The lowest BCUT2D eigenvalue weighted by Gasteiger charge is -2.43. The second-order valence-electron chi connectivity index (χ2n) is 7.43. The molecule has 3 atom stereocenters. The molecular formula is C20H30N2O2. The molecule has 2 bridgehead atoms. The van der Waals surface area contributed by atoms with Crippen LogP contribution in [-0.2, 0) is 4.79 Å². The van der Waals surface area contributed by atoms with Crippen LogP contribution in [0.25, 0.3) is 0 Å². The standard InChI is InChI=1S/C20H30N2O2/c1-3-24-18-9-5-6-14(12-18)13(2)22-20(23)17-10-15-7-4-8-16(11-17)19(15)21/h5-6,9,12-13,15-17,19H,3-4,7-8,10-11,21H2,1-2H3,(H,22,23). The van der Waals surface area contributed by atoms with Gasteiger partial charge < -0.3 is 15.8 Å². The van der Waals surface area contributed by atoms with E-state index in [1.54, 1.807) is 0 Å². The molecular weight excluding hydrogens is 300 g/mol. The normalized spacial score (nSPS) is 30.5. The summed E-state index contributed by atoms with van der Waals surface area (Å²) < 4.78 is 5.55. The number of benzene rings is 1. The lowest BCUT2D eigenvalue weighted by molar-refractivity contribution is -0.128. The number of nitrogens with one attached hydrogen (secondary N) is 1. The molecule has 2 aliphatic rings. The third-order valence-corrected chi connectivity index (χ3v) is 5.81. The highest BCUT2D eigenvalue weighted by Crippen LogP contribution is 2.42. The van der Waals surface area contributed by atoms with Gasteiger partial charge in [-0.25, -0.2) is 0 Å². The van der Waals surface area contributed by atoms with Gasteiger partial charge in [0.25, 0.3) is 0 Å². The molecule has 4 nitrogen and oxygen atoms in total. The van der Waals surface area contributed by atoms with Crippen molar-refractivity contribution in [3.63, 3.8) is 0 Å². The van der Waals surface area contributed by atoms with Crippen LogP contribution in [0, 0.1) is 17.8 Å². The minimum absolute atomic E-state index is 0.00616. The van der Waals surface area contributed by atoms with Crippen LogP contribution < -0.4 is 15.8 Å². The van der Waals surface area contributed by atoms with Crippen LogP contribution in [0.4, 0.5) is 0 Å². The van der Waals surface area contributed by atoms with Crippen LogP contribution >= 0.6 is 0 Å². The van der Waals surface area contributed by atoms with Gasteiger partial charge in [0.2, 0.25) is 5.91 Å². The molecule has 0 radical (unpaired) electrons. The Morgan fingerprint density at radius 1 is 1.33 bits per heavy atom. The number of carbonyl (C=O) groups is 1. The van der Waals surface area contributed by atoms with Gasteiger partial charge in [0, 0.05) is 12.0 Å². The maximum atomic E-state index is 12.7. The number of nitrogens with two attached hydrogens (primary N) is 1. The summed E-state index contributed by atoms with van der Waals surface area (Å²) in [6, 6.07) is 8.29. The zero-order valence-electron chi connectivity index (χ0n) is 14.8. The van der Waals surface area contributed by atoms with Crippen LogP contribution in [-0.4, -0.2) is 18.6 Å². The van der Waals surface area contributed by atoms with Crippen molar-refractivity contribution < 1.29 is 9.53 Å². The third-order valence-electron chi connectivity index (χ3n) is 5.81. The zero-order valence-corrected chi connectivity index (χ0v) is 14.8. The van der Waals surface area contributed by atoms with E-state index < -0.39 is 0 Å². The summed E-state index contributed by atoms with van der Waals surface area (Å²) >= 11 is 0. The Morgan fingerprint density at radius 3 is 2.71 bits per heavy atom. The Hall–Kier alpha value is -1.55. The van der Waals surface area contributed by atoms with Gasteiger partial charge in [0.1, 0.15) is 5.75 Å². The molecule has 2 aliphatic carbocycles. The largest absolute Gasteiger partial charge is 0.494 e. The molecule has 0 aliphatic heterocycles. The first-order chi connectivity index (χ1) is 11.6. The smallest absolute Gasteiger partial charge is 0.223 e. The average molecular weight is 330 g/mol. The van der Waals surface area contributed by atoms with Crippen molar-refractivity contribution in [1.29, 1.82) is 0 Å². The number of hydrogen-bond donors (Lipinski definition) is 2. The Kier molecular flexibility index (Phi) is 5.44. The SMILES string of the molecule is CCOc1cccc(C(C)NC(=O)C2CC3CCCC(C2)C3N)c1. The number of hydrogen-bond acceptors (Lipinski definition) is 3. The molecule has 132 valence electrons. The van der Waals surface area contributed by atoms with Gasteiger partial charge in [-0.2, -0.15) is 0 Å². The first kappa shape index (κ1) is 17.3. The fourth-order valence-corrected chi connectivity index (χ4v) is 4.46. The summed E-state index contributed by atoms with van der Waals surface area (Å²) in [5.41, 5.74) is 7.42. The summed E-state index contributed by atoms with van der Waals surface area (Å²) in [4.78, 5) is 12.7. The molecule has 2 fully saturated rings. The van der Waals surface area contributed by atoms with Crippen molar-refractivity contribution in [2.75, 3.05) is 6.61 Å². The minimum Gasteiger partial charge on any atom is -0.494 e. The van der Waals surface area contributed by atoms with Crippen LogP contribution in [0.15, 0.2) is 24.3 Å². The second-order valence-corrected chi connectivity index (χ2v) is 7.43. The maximum Gasteiger partial charge on any atom is 0.223 e. The van der Waals surface area contributed by atoms with Gasteiger partial charge in [-0.15, -0.1) is 0 Å². The summed E-state index contributed by atoms with van der Waals surface area (Å²) in [5.74, 6) is 2.23. The molecule has 1 aromatic carbocycles. The summed E-state index contributed by atoms with van der Waals surface area (Å²) in [7, 11) is 0. The lowest BCUT2D eigenvalue weighted by atomic mass is 9.65. The highest BCUT2D eigenvalue weighted by atomic mass is 16.5. The van der Waals surface area contributed by atoms with E-state index in [9.17, 15) is 4.79 Å². The van der Waals surface area contributed by atoms with Crippen molar-refractivity contribution in [3.05, 3.63) is 29.8 Å². The molecule has 24 heavy (non-hydrogen) atoms. The third kappa shape index (κ3) is 3.75. The zero-order chi connectivity index (χ0) is 17.1. The molecule has 0 heterocycles. The summed E-state index contributed by atoms with van der Waals surface area (Å²) in [6.07, 6.45) is 5.56. The number of ether oxygens (including phenoxy) is 1. The molecule has 2 saturated carbocycles. The van der Waals surface area contributed by atoms with Crippen molar-refractivity contribution in [1.82, 2.24) is 5.32 Å². The molecule has 3 unspecified atom stereocenters. The first-order valence-electron chi connectivity index (χ1n) is 9.37. The van der Waals surface area contributed by atoms with Crippen molar-refractivity contribution in [2.24, 2.45) is 23.5 Å². The molecule has 0 spiro atoms. The fourth-order valence-electron chi connectivity index (χ4n) is 4.46. The molecule has 3 rings (SSSR count). The van der Waals surface area contributed by atoms with Gasteiger partial charge in [-0.05, 0) is 69.1 Å². The van der Waals surface area contributed by atoms with Gasteiger partial charge in [-0.3, -0.25) is 4.79 Å². The van der Waals surface area contributed by atoms with E-state index >= 15 is 0 Å². The van der Waals surface area contributed by atoms with E-state index in [-0.39, 0.29) is 17.9 Å². The Balaban J connectivity index is 1.61. The molecule has 3 N–H and O–H groups in total. The van der Waals surface area contributed by atoms with E-state index in [1.165, 1.54) is 19.3 Å². The quantitative estimate of drug-likeness (QED) is 0.869. The van der Waals surface area contributed by atoms with E-state index in [0.29, 0.717) is 24.5 Å². The topological polar surface area (TPSA) is 64.3 Å². The number of amides is 1. The van der Waals surface area contributed by atoms with Gasteiger partial charge in [0.15, 0.2) is 0 Å². The Labute approximate surface area is 145 Å². The highest BCUT2D eigenvalue weighted by Gasteiger charge is 2.40. The van der Waals surface area contributed by atoms with E-state index in [2.05, 4.69) is 5.32 Å². The number of rotatable bonds is 5. The van der Waals surface area contributed by atoms with Crippen molar-refractivity contribution >= 4 is 5.91 Å². The van der Waals surface area contributed by atoms with E-state index in [4.69, 9.17) is 10.5 Å². The summed E-state index contributed by atoms with van der Waals surface area (Å²) in [6.45, 7) is 4.66. The molecule has 0 saturated heterocycles. The van der Waals surface area contributed by atoms with E-state index in [0.717, 1.165) is 24.2 Å². The fraction of sp³-hybridized carbons (Fsp3) is 0.650. The first-order valence-corrected chi connectivity index (χ1v) is 9.37. The Morgan fingerprint density at radius 2 is 2.04 bits per heavy atom. The van der Waals surface area contributed by atoms with Gasteiger partial charge in [-0.1, -0.05) is 18.6 Å². The van der Waals surface area contributed by atoms with Gasteiger partial charge in [0.05, 0.1) is 12.6 Å². The number of fused-ring (bicyclic) bond motifs is 2. The van der Waals surface area contributed by atoms with Crippen molar-refractivity contribution in [2.45, 2.75) is 58.0 Å². The van der Waals surface area contributed by atoms with Crippen LogP contribution in [0.3, 0.4) is 0 Å². The lowest BCUT2D eigenvalue weighted by Crippen LogP contribution is -2.49. The van der Waals surface area contributed by atoms with Crippen LogP contribution in [0.2, 0.25) is 0 Å². The highest BCUT2D eigenvalue weighted by molar-refractivity contribution is 5.79. The second kappa shape index (κ2) is 7.56. The van der Waals surface area contributed by atoms with Crippen LogP contribution in [0.1, 0.15) is 57.6 Å². The average Bonchev–Trinajstić information content (AvgIpc) is 2.55. The van der Waals surface area contributed by atoms with Crippen molar-refractivity contribution in [3.8, 4) is 5.75 Å². The molecule has 0 aromatic heterocycles. The minimum atomic E-state index is -0.00616. The predicted octanol–water partition coefficient (Wildman–Crippen LogP) is 3.42. The molecule has 1 aromatic rings. The number of carbonyl (C=O) groups excluding carboxylic acids is 1. The van der Waals surface area contributed by atoms with Gasteiger partial charge >= 0.3 is 0 Å². The molecule has 1 amide bonds. The summed E-state index contributed by atoms with van der Waals surface area (Å²) in [5, 5.41) is 3.20.